The van der Waals surface area contributed by atoms with Crippen molar-refractivity contribution < 1.29 is 14.3 Å². The number of anilines is 1. The van der Waals surface area contributed by atoms with Crippen LogP contribution in [0.3, 0.4) is 0 Å². The van der Waals surface area contributed by atoms with Crippen LogP contribution < -0.4 is 10.2 Å². The second kappa shape index (κ2) is 6.11. The lowest BCUT2D eigenvalue weighted by Crippen LogP contribution is -2.13. The van der Waals surface area contributed by atoms with E-state index in [1.165, 1.54) is 25.3 Å². The van der Waals surface area contributed by atoms with Gasteiger partial charge in [-0.05, 0) is 25.1 Å². The summed E-state index contributed by atoms with van der Waals surface area (Å²) in [5, 5.41) is 2.85. The topological polar surface area (TPSA) is 88.3 Å². The zero-order chi connectivity index (χ0) is 15.6. The molecule has 0 fully saturated rings. The first-order valence-corrected chi connectivity index (χ1v) is 7.00. The van der Waals surface area contributed by atoms with E-state index in [1.54, 1.807) is 6.92 Å². The predicted molar refractivity (Wildman–Crippen MR) is 80.4 cm³/mol. The molecule has 0 atom stereocenters. The lowest BCUT2D eigenvalue weighted by atomic mass is 10.2. The molecule has 21 heavy (non-hydrogen) atoms. The van der Waals surface area contributed by atoms with Gasteiger partial charge in [0, 0.05) is 5.69 Å². The van der Waals surface area contributed by atoms with E-state index in [1.807, 2.05) is 0 Å². The number of rotatable bonds is 3. The summed E-state index contributed by atoms with van der Waals surface area (Å²) < 4.78 is 4.60. The molecule has 1 heterocycles. The van der Waals surface area contributed by atoms with Crippen LogP contribution in [0, 0.1) is 6.92 Å². The Hall–Kier alpha value is -2.12. The second-order valence-corrected chi connectivity index (χ2v) is 5.50. The van der Waals surface area contributed by atoms with E-state index in [0.717, 1.165) is 11.3 Å². The number of benzene rings is 1. The van der Waals surface area contributed by atoms with Gasteiger partial charge in [0.2, 0.25) is 0 Å². The van der Waals surface area contributed by atoms with Gasteiger partial charge in [-0.15, -0.1) is 0 Å². The first-order chi connectivity index (χ1) is 9.92. The highest BCUT2D eigenvalue weighted by atomic mass is 35.5. The maximum absolute atomic E-state index is 12.1. The monoisotopic (exact) mass is 326 g/mol. The van der Waals surface area contributed by atoms with Crippen molar-refractivity contribution in [1.29, 1.82) is 0 Å². The van der Waals surface area contributed by atoms with Crippen LogP contribution in [0.1, 0.15) is 25.7 Å². The Morgan fingerprint density at radius 2 is 2.10 bits per heavy atom. The van der Waals surface area contributed by atoms with E-state index in [4.69, 9.17) is 11.6 Å². The highest BCUT2D eigenvalue weighted by Crippen LogP contribution is 2.24. The van der Waals surface area contributed by atoms with Gasteiger partial charge in [-0.2, -0.15) is 0 Å². The van der Waals surface area contributed by atoms with Gasteiger partial charge < -0.3 is 15.0 Å². The van der Waals surface area contributed by atoms with Gasteiger partial charge in [0.05, 0.1) is 23.4 Å². The number of hydrogen-bond donors (Lipinski definition) is 2. The standard InChI is InChI=1S/C13H11ClN2O4S/c1-6-10(21-13(19)15-6)11(17)16-9-5-7(12(18)20-2)3-4-8(9)14/h3-5H,1-2H3,(H,15,19)(H,16,17). The molecular weight excluding hydrogens is 316 g/mol. The fourth-order valence-electron chi connectivity index (χ4n) is 1.67. The highest BCUT2D eigenvalue weighted by Gasteiger charge is 2.16. The van der Waals surface area contributed by atoms with Gasteiger partial charge in [-0.25, -0.2) is 4.79 Å². The van der Waals surface area contributed by atoms with Gasteiger partial charge >= 0.3 is 10.8 Å². The van der Waals surface area contributed by atoms with E-state index in [2.05, 4.69) is 15.0 Å². The van der Waals surface area contributed by atoms with Crippen molar-refractivity contribution in [1.82, 2.24) is 4.98 Å². The van der Waals surface area contributed by atoms with Gasteiger partial charge in [0.15, 0.2) is 0 Å². The lowest BCUT2D eigenvalue weighted by molar-refractivity contribution is 0.0600. The summed E-state index contributed by atoms with van der Waals surface area (Å²) in [5.41, 5.74) is 1.00. The fourth-order valence-corrected chi connectivity index (χ4v) is 2.57. The normalized spacial score (nSPS) is 10.2. The Bertz CT molecular complexity index is 766. The highest BCUT2D eigenvalue weighted by molar-refractivity contribution is 7.11. The first kappa shape index (κ1) is 15.3. The van der Waals surface area contributed by atoms with Crippen LogP contribution in [0.25, 0.3) is 0 Å². The number of aromatic nitrogens is 1. The number of aromatic amines is 1. The minimum absolute atomic E-state index is 0.260. The molecule has 1 aromatic carbocycles. The van der Waals surface area contributed by atoms with Crippen molar-refractivity contribution in [2.75, 3.05) is 12.4 Å². The maximum atomic E-state index is 12.1. The van der Waals surface area contributed by atoms with E-state index >= 15 is 0 Å². The number of thiazole rings is 1. The van der Waals surface area contributed by atoms with Crippen molar-refractivity contribution in [3.05, 3.63) is 49.0 Å². The summed E-state index contributed by atoms with van der Waals surface area (Å²) in [5.74, 6) is -1.01. The van der Waals surface area contributed by atoms with Gasteiger partial charge in [0.1, 0.15) is 4.88 Å². The van der Waals surface area contributed by atoms with Crippen molar-refractivity contribution >= 4 is 40.5 Å². The third-order valence-corrected chi connectivity index (χ3v) is 3.98. The maximum Gasteiger partial charge on any atom is 0.337 e. The summed E-state index contributed by atoms with van der Waals surface area (Å²) in [6.07, 6.45) is 0. The molecule has 0 radical (unpaired) electrons. The number of amides is 1. The number of ether oxygens (including phenoxy) is 1. The number of carbonyl (C=O) groups is 2. The van der Waals surface area contributed by atoms with Gasteiger partial charge in [0.25, 0.3) is 5.91 Å². The molecule has 2 rings (SSSR count). The Kier molecular flexibility index (Phi) is 4.44. The number of esters is 1. The van der Waals surface area contributed by atoms with Crippen LogP contribution in [0.2, 0.25) is 5.02 Å². The smallest absolute Gasteiger partial charge is 0.337 e. The quantitative estimate of drug-likeness (QED) is 0.848. The summed E-state index contributed by atoms with van der Waals surface area (Å²) >= 11 is 6.79. The average Bonchev–Trinajstić information content (AvgIpc) is 2.79. The van der Waals surface area contributed by atoms with Crippen molar-refractivity contribution in [3.8, 4) is 0 Å². The van der Waals surface area contributed by atoms with E-state index in [-0.39, 0.29) is 26.0 Å². The van der Waals surface area contributed by atoms with E-state index in [9.17, 15) is 14.4 Å². The molecular formula is C13H11ClN2O4S. The van der Waals surface area contributed by atoms with Crippen LogP contribution in [0.5, 0.6) is 0 Å². The lowest BCUT2D eigenvalue weighted by Gasteiger charge is -2.08. The summed E-state index contributed by atoms with van der Waals surface area (Å²) in [6, 6.07) is 4.39. The molecule has 0 saturated carbocycles. The molecule has 0 aliphatic carbocycles. The molecule has 2 aromatic rings. The second-order valence-electron chi connectivity index (χ2n) is 4.11. The molecule has 0 aliphatic rings. The summed E-state index contributed by atoms with van der Waals surface area (Å²) in [7, 11) is 1.26. The molecule has 110 valence electrons. The molecule has 2 N–H and O–H groups in total. The summed E-state index contributed by atoms with van der Waals surface area (Å²) in [6.45, 7) is 1.62. The summed E-state index contributed by atoms with van der Waals surface area (Å²) in [4.78, 5) is 37.3. The van der Waals surface area contributed by atoms with Crippen LogP contribution in [0.15, 0.2) is 23.0 Å². The van der Waals surface area contributed by atoms with E-state index in [0.29, 0.717) is 5.69 Å². The molecule has 0 spiro atoms. The largest absolute Gasteiger partial charge is 0.465 e. The molecule has 0 unspecified atom stereocenters. The zero-order valence-corrected chi connectivity index (χ0v) is 12.7. The minimum atomic E-state index is -0.537. The van der Waals surface area contributed by atoms with Crippen LogP contribution in [-0.4, -0.2) is 24.0 Å². The van der Waals surface area contributed by atoms with Crippen molar-refractivity contribution in [2.45, 2.75) is 6.92 Å². The third-order valence-electron chi connectivity index (χ3n) is 2.67. The Labute approximate surface area is 128 Å². The van der Waals surface area contributed by atoms with E-state index < -0.39 is 11.9 Å². The number of aryl methyl sites for hydroxylation is 1. The van der Waals surface area contributed by atoms with Gasteiger partial charge in [-0.1, -0.05) is 22.9 Å². The number of hydrogen-bond acceptors (Lipinski definition) is 5. The molecule has 0 aliphatic heterocycles. The molecule has 0 bridgehead atoms. The number of carbonyl (C=O) groups excluding carboxylic acids is 2. The molecule has 6 nitrogen and oxygen atoms in total. The fraction of sp³-hybridized carbons (Fsp3) is 0.154. The van der Waals surface area contributed by atoms with Crippen molar-refractivity contribution in [3.63, 3.8) is 0 Å². The first-order valence-electron chi connectivity index (χ1n) is 5.81. The molecule has 8 heteroatoms. The Morgan fingerprint density at radius 1 is 1.38 bits per heavy atom. The molecule has 1 amide bonds. The van der Waals surface area contributed by atoms with Crippen molar-refractivity contribution in [2.24, 2.45) is 0 Å². The molecule has 0 saturated heterocycles. The Balaban J connectivity index is 2.30. The number of nitrogens with one attached hydrogen (secondary N) is 2. The number of halogens is 1. The zero-order valence-electron chi connectivity index (χ0n) is 11.2. The van der Waals surface area contributed by atoms with Gasteiger partial charge in [-0.3, -0.25) is 9.59 Å². The number of H-pyrrole nitrogens is 1. The third kappa shape index (κ3) is 3.32. The van der Waals surface area contributed by atoms with Crippen LogP contribution in [-0.2, 0) is 4.74 Å². The van der Waals surface area contributed by atoms with Crippen LogP contribution in [0.4, 0.5) is 5.69 Å². The number of methoxy groups -OCH3 is 1. The van der Waals surface area contributed by atoms with Crippen LogP contribution >= 0.6 is 22.9 Å². The SMILES string of the molecule is COC(=O)c1ccc(Cl)c(NC(=O)c2sc(=O)[nH]c2C)c1. The average molecular weight is 327 g/mol. The minimum Gasteiger partial charge on any atom is -0.465 e. The Morgan fingerprint density at radius 3 is 2.67 bits per heavy atom. The predicted octanol–water partition coefficient (Wildman–Crippen LogP) is 2.44. The molecule has 1 aromatic heterocycles.